The van der Waals surface area contributed by atoms with Crippen molar-refractivity contribution in [3.8, 4) is 0 Å². The van der Waals surface area contributed by atoms with Crippen LogP contribution < -0.4 is 16.0 Å². The second kappa shape index (κ2) is 8.67. The lowest BCUT2D eigenvalue weighted by Gasteiger charge is -2.11. The number of hydrogen-bond donors (Lipinski definition) is 3. The van der Waals surface area contributed by atoms with Crippen LogP contribution in [0.1, 0.15) is 23.7 Å². The van der Waals surface area contributed by atoms with Crippen molar-refractivity contribution in [2.75, 3.05) is 10.6 Å². The summed E-state index contributed by atoms with van der Waals surface area (Å²) < 4.78 is 0. The van der Waals surface area contributed by atoms with Crippen LogP contribution in [0.25, 0.3) is 0 Å². The number of carbonyl (C=O) groups is 2. The zero-order chi connectivity index (χ0) is 19.1. The van der Waals surface area contributed by atoms with Gasteiger partial charge in [0.15, 0.2) is 5.11 Å². The van der Waals surface area contributed by atoms with Gasteiger partial charge in [0, 0.05) is 23.9 Å². The molecule has 2 aromatic rings. The molecule has 0 unspecified atom stereocenters. The second-order valence-corrected chi connectivity index (χ2v) is 5.57. The molecule has 0 saturated carbocycles. The fourth-order valence-corrected chi connectivity index (χ4v) is 2.29. The van der Waals surface area contributed by atoms with Crippen molar-refractivity contribution in [1.82, 2.24) is 5.32 Å². The molecule has 3 N–H and O–H groups in total. The van der Waals surface area contributed by atoms with E-state index in [4.69, 9.17) is 12.2 Å². The average molecular weight is 372 g/mol. The van der Waals surface area contributed by atoms with Crippen LogP contribution in [0.15, 0.2) is 48.5 Å². The Morgan fingerprint density at radius 1 is 1.08 bits per heavy atom. The van der Waals surface area contributed by atoms with Crippen molar-refractivity contribution in [1.29, 1.82) is 0 Å². The van der Waals surface area contributed by atoms with Gasteiger partial charge in [0.1, 0.15) is 5.56 Å². The topological polar surface area (TPSA) is 113 Å². The van der Waals surface area contributed by atoms with Crippen LogP contribution in [0.4, 0.5) is 17.1 Å². The van der Waals surface area contributed by atoms with Crippen LogP contribution in [-0.2, 0) is 4.79 Å². The van der Waals surface area contributed by atoms with Crippen LogP contribution in [0.5, 0.6) is 0 Å². The molecule has 0 bridgehead atoms. The van der Waals surface area contributed by atoms with Crippen LogP contribution in [0, 0.1) is 10.1 Å². The van der Waals surface area contributed by atoms with E-state index in [0.29, 0.717) is 17.8 Å². The Bertz CT molecular complexity index is 869. The monoisotopic (exact) mass is 372 g/mol. The minimum Gasteiger partial charge on any atom is -0.332 e. The predicted octanol–water partition coefficient (Wildman–Crippen LogP) is 3.07. The molecule has 0 heterocycles. The fourth-order valence-electron chi connectivity index (χ4n) is 2.08. The SMILES string of the molecule is CCC(=O)Nc1cccc(NC(=S)NC(=O)c2ccccc2[N+](=O)[O-])c1. The van der Waals surface area contributed by atoms with Gasteiger partial charge in [-0.15, -0.1) is 0 Å². The molecule has 8 nitrogen and oxygen atoms in total. The summed E-state index contributed by atoms with van der Waals surface area (Å²) in [5, 5.41) is 18.9. The summed E-state index contributed by atoms with van der Waals surface area (Å²) in [6, 6.07) is 12.4. The number of amides is 2. The number of anilines is 2. The number of nitro groups is 1. The van der Waals surface area contributed by atoms with Crippen LogP contribution in [-0.4, -0.2) is 21.9 Å². The molecule has 9 heteroatoms. The van der Waals surface area contributed by atoms with Gasteiger partial charge in [-0.1, -0.05) is 25.1 Å². The number of hydrogen-bond acceptors (Lipinski definition) is 5. The Kier molecular flexibility index (Phi) is 6.34. The number of thiocarbonyl (C=S) groups is 1. The number of rotatable bonds is 5. The van der Waals surface area contributed by atoms with Crippen LogP contribution in [0.3, 0.4) is 0 Å². The van der Waals surface area contributed by atoms with Gasteiger partial charge >= 0.3 is 0 Å². The molecule has 0 aliphatic rings. The van der Waals surface area contributed by atoms with E-state index in [9.17, 15) is 19.7 Å². The molecule has 2 aromatic carbocycles. The van der Waals surface area contributed by atoms with Crippen LogP contribution >= 0.6 is 12.2 Å². The van der Waals surface area contributed by atoms with Gasteiger partial charge in [-0.3, -0.25) is 25.0 Å². The highest BCUT2D eigenvalue weighted by atomic mass is 32.1. The zero-order valence-corrected chi connectivity index (χ0v) is 14.6. The maximum Gasteiger partial charge on any atom is 0.282 e. The van der Waals surface area contributed by atoms with Gasteiger partial charge in [0.25, 0.3) is 11.6 Å². The molecule has 0 spiro atoms. The van der Waals surface area contributed by atoms with E-state index < -0.39 is 10.8 Å². The molecule has 0 aromatic heterocycles. The van der Waals surface area contributed by atoms with Gasteiger partial charge in [0.05, 0.1) is 4.92 Å². The summed E-state index contributed by atoms with van der Waals surface area (Å²) in [7, 11) is 0. The lowest BCUT2D eigenvalue weighted by Crippen LogP contribution is -2.34. The highest BCUT2D eigenvalue weighted by molar-refractivity contribution is 7.80. The molecule has 2 rings (SSSR count). The fraction of sp³-hybridized carbons (Fsp3) is 0.118. The summed E-state index contributed by atoms with van der Waals surface area (Å²) in [6.45, 7) is 1.74. The number of nitrogens with zero attached hydrogens (tertiary/aromatic N) is 1. The third kappa shape index (κ3) is 5.08. The smallest absolute Gasteiger partial charge is 0.282 e. The highest BCUT2D eigenvalue weighted by Gasteiger charge is 2.19. The van der Waals surface area contributed by atoms with Crippen LogP contribution in [0.2, 0.25) is 0 Å². The first-order valence-electron chi connectivity index (χ1n) is 7.66. The Balaban J connectivity index is 2.05. The first-order chi connectivity index (χ1) is 12.4. The van der Waals surface area contributed by atoms with E-state index in [-0.39, 0.29) is 22.3 Å². The first kappa shape index (κ1) is 19.0. The van der Waals surface area contributed by atoms with E-state index in [1.165, 1.54) is 24.3 Å². The molecule has 0 radical (unpaired) electrons. The van der Waals surface area contributed by atoms with E-state index >= 15 is 0 Å². The average Bonchev–Trinajstić information content (AvgIpc) is 2.61. The van der Waals surface area contributed by atoms with Crippen molar-refractivity contribution < 1.29 is 14.5 Å². The quantitative estimate of drug-likeness (QED) is 0.422. The Hall–Kier alpha value is -3.33. The minimum atomic E-state index is -0.690. The molecule has 2 amide bonds. The summed E-state index contributed by atoms with van der Waals surface area (Å²) in [6.07, 6.45) is 0.349. The summed E-state index contributed by atoms with van der Waals surface area (Å²) >= 11 is 5.07. The number of para-hydroxylation sites is 1. The van der Waals surface area contributed by atoms with Gasteiger partial charge in [0.2, 0.25) is 5.91 Å². The van der Waals surface area contributed by atoms with Gasteiger partial charge in [-0.2, -0.15) is 0 Å². The zero-order valence-electron chi connectivity index (χ0n) is 13.8. The van der Waals surface area contributed by atoms with Gasteiger partial charge in [-0.05, 0) is 36.5 Å². The summed E-state index contributed by atoms with van der Waals surface area (Å²) in [5.74, 6) is -0.820. The molecule has 0 aliphatic heterocycles. The maximum atomic E-state index is 12.2. The normalized spacial score (nSPS) is 9.88. The molecule has 0 saturated heterocycles. The predicted molar refractivity (Wildman–Crippen MR) is 102 cm³/mol. The van der Waals surface area contributed by atoms with Crippen molar-refractivity contribution >= 4 is 46.2 Å². The van der Waals surface area contributed by atoms with Gasteiger partial charge in [-0.25, -0.2) is 0 Å². The lowest BCUT2D eigenvalue weighted by atomic mass is 10.1. The van der Waals surface area contributed by atoms with Crippen molar-refractivity contribution in [3.63, 3.8) is 0 Å². The molecule has 134 valence electrons. The molecular formula is C17H16N4O4S. The Morgan fingerprint density at radius 3 is 2.38 bits per heavy atom. The standard InChI is InChI=1S/C17H16N4O4S/c1-2-15(22)18-11-6-5-7-12(10-11)19-17(26)20-16(23)13-8-3-4-9-14(13)21(24)25/h3-10H,2H2,1H3,(H,18,22)(H2,19,20,23,26). The summed E-state index contributed by atoms with van der Waals surface area (Å²) in [4.78, 5) is 34.0. The Labute approximate surface area is 154 Å². The van der Waals surface area contributed by atoms with Crippen molar-refractivity contribution in [2.24, 2.45) is 0 Å². The highest BCUT2D eigenvalue weighted by Crippen LogP contribution is 2.18. The second-order valence-electron chi connectivity index (χ2n) is 5.17. The largest absolute Gasteiger partial charge is 0.332 e. The number of nitrogens with one attached hydrogen (secondary N) is 3. The molecule has 0 aliphatic carbocycles. The third-order valence-corrected chi connectivity index (χ3v) is 3.50. The first-order valence-corrected chi connectivity index (χ1v) is 8.07. The molecule has 0 fully saturated rings. The minimum absolute atomic E-state index is 0.0212. The van der Waals surface area contributed by atoms with Crippen molar-refractivity contribution in [3.05, 3.63) is 64.2 Å². The van der Waals surface area contributed by atoms with E-state index in [0.717, 1.165) is 0 Å². The molecule has 26 heavy (non-hydrogen) atoms. The van der Waals surface area contributed by atoms with E-state index in [1.807, 2.05) is 0 Å². The molecular weight excluding hydrogens is 356 g/mol. The third-order valence-electron chi connectivity index (χ3n) is 3.30. The number of carbonyl (C=O) groups excluding carboxylic acids is 2. The number of benzene rings is 2. The number of nitro benzene ring substituents is 1. The van der Waals surface area contributed by atoms with Gasteiger partial charge < -0.3 is 10.6 Å². The maximum absolute atomic E-state index is 12.2. The Morgan fingerprint density at radius 2 is 1.73 bits per heavy atom. The molecule has 0 atom stereocenters. The lowest BCUT2D eigenvalue weighted by molar-refractivity contribution is -0.385. The summed E-state index contributed by atoms with van der Waals surface area (Å²) in [5.41, 5.74) is 0.726. The van der Waals surface area contributed by atoms with Crippen molar-refractivity contribution in [2.45, 2.75) is 13.3 Å². The van der Waals surface area contributed by atoms with E-state index in [2.05, 4.69) is 16.0 Å². The van der Waals surface area contributed by atoms with E-state index in [1.54, 1.807) is 31.2 Å².